The summed E-state index contributed by atoms with van der Waals surface area (Å²) in [6, 6.07) is 9.18. The highest BCUT2D eigenvalue weighted by atomic mass is 32.2. The van der Waals surface area contributed by atoms with E-state index in [0.29, 0.717) is 16.6 Å². The molecule has 3 aromatic carbocycles. The number of phenolic OH excluding ortho intramolecular Hbond substituents is 2. The lowest BCUT2D eigenvalue weighted by Gasteiger charge is -2.16. The van der Waals surface area contributed by atoms with Crippen LogP contribution in [0.1, 0.15) is 17.5 Å². The number of imidazole rings is 1. The molecule has 0 bridgehead atoms. The molecule has 218 valence electrons. The average molecular weight is 597 g/mol. The summed E-state index contributed by atoms with van der Waals surface area (Å²) in [6.45, 7) is 0. The van der Waals surface area contributed by atoms with Gasteiger partial charge in [0, 0.05) is 11.1 Å². The molecule has 1 atom stereocenters. The second-order valence-electron chi connectivity index (χ2n) is 9.14. The number of carbonyl (C=O) groups is 3. The van der Waals surface area contributed by atoms with Crippen molar-refractivity contribution >= 4 is 45.1 Å². The predicted octanol–water partition coefficient (Wildman–Crippen LogP) is 0.835. The molecule has 0 aliphatic carbocycles. The highest BCUT2D eigenvalue weighted by molar-refractivity contribution is 7.89. The van der Waals surface area contributed by atoms with E-state index in [9.17, 15) is 38.1 Å². The van der Waals surface area contributed by atoms with Crippen LogP contribution in [0, 0.1) is 0 Å². The number of nitrogens with one attached hydrogen (secondary N) is 2. The lowest BCUT2D eigenvalue weighted by atomic mass is 9.95. The number of H-pyrrole nitrogens is 1. The highest BCUT2D eigenvalue weighted by Crippen LogP contribution is 2.42. The number of sulfonamides is 1. The van der Waals surface area contributed by atoms with Gasteiger partial charge in [0.05, 0.1) is 40.5 Å². The molecule has 0 saturated carbocycles. The number of rotatable bonds is 10. The molecule has 1 heterocycles. The van der Waals surface area contributed by atoms with Crippen LogP contribution in [0.2, 0.25) is 0 Å². The van der Waals surface area contributed by atoms with Gasteiger partial charge >= 0.3 is 11.9 Å². The number of nitrogens with two attached hydrogens (primary N) is 2. The second kappa shape index (κ2) is 11.6. The van der Waals surface area contributed by atoms with Crippen LogP contribution in [0.5, 0.6) is 11.5 Å². The number of primary sulfonamides is 1. The van der Waals surface area contributed by atoms with Gasteiger partial charge in [-0.2, -0.15) is 5.10 Å². The summed E-state index contributed by atoms with van der Waals surface area (Å²) < 4.78 is 24.0. The van der Waals surface area contributed by atoms with E-state index in [0.717, 1.165) is 18.2 Å². The molecule has 0 fully saturated rings. The Morgan fingerprint density at radius 2 is 1.74 bits per heavy atom. The number of nitrogens with zero attached hydrogens (tertiary/aromatic N) is 2. The molecule has 0 aliphatic rings. The van der Waals surface area contributed by atoms with Crippen LogP contribution in [-0.2, 0) is 30.8 Å². The SMILES string of the molecule is NN=Cc1ccc2nc(-c3cc(CC(=O)NC(CC(=O)O)C(=O)O)cc(-c4cc(S(N)(=O)=O)ccc4O)c3O)[nH]c2c1. The van der Waals surface area contributed by atoms with Crippen molar-refractivity contribution in [2.45, 2.75) is 23.8 Å². The molecule has 0 spiro atoms. The largest absolute Gasteiger partial charge is 0.507 e. The summed E-state index contributed by atoms with van der Waals surface area (Å²) in [5.74, 6) is 0.632. The first-order valence-electron chi connectivity index (χ1n) is 12.0. The first kappa shape index (κ1) is 29.5. The molecular weight excluding hydrogens is 572 g/mol. The van der Waals surface area contributed by atoms with Crippen LogP contribution in [0.4, 0.5) is 0 Å². The van der Waals surface area contributed by atoms with Gasteiger partial charge in [0.1, 0.15) is 23.4 Å². The van der Waals surface area contributed by atoms with Crippen LogP contribution in [-0.4, -0.2) is 68.9 Å². The van der Waals surface area contributed by atoms with Gasteiger partial charge in [0.25, 0.3) is 0 Å². The molecule has 4 rings (SSSR count). The van der Waals surface area contributed by atoms with E-state index in [1.807, 2.05) is 0 Å². The molecule has 1 amide bonds. The molecule has 0 aliphatic heterocycles. The molecule has 15 nitrogen and oxygen atoms in total. The molecule has 42 heavy (non-hydrogen) atoms. The number of aromatic hydroxyl groups is 2. The number of aromatic amines is 1. The Morgan fingerprint density at radius 3 is 2.38 bits per heavy atom. The Morgan fingerprint density at radius 1 is 1.02 bits per heavy atom. The van der Waals surface area contributed by atoms with Crippen molar-refractivity contribution in [3.8, 4) is 34.0 Å². The number of hydrogen-bond donors (Lipinski definition) is 8. The van der Waals surface area contributed by atoms with Crippen molar-refractivity contribution in [1.29, 1.82) is 0 Å². The number of carbonyl (C=O) groups excluding carboxylic acids is 1. The summed E-state index contributed by atoms with van der Waals surface area (Å²) >= 11 is 0. The van der Waals surface area contributed by atoms with Crippen LogP contribution >= 0.6 is 0 Å². The topological polar surface area (TPSA) is 271 Å². The summed E-state index contributed by atoms with van der Waals surface area (Å²) in [4.78, 5) is 42.3. The fourth-order valence-electron chi connectivity index (χ4n) is 4.22. The summed E-state index contributed by atoms with van der Waals surface area (Å²) in [5, 5.41) is 51.0. The third kappa shape index (κ3) is 6.45. The maximum absolute atomic E-state index is 12.8. The van der Waals surface area contributed by atoms with Crippen molar-refractivity contribution < 1.29 is 43.2 Å². The number of aromatic nitrogens is 2. The Balaban J connectivity index is 1.87. The Hall–Kier alpha value is -5.48. The zero-order valence-corrected chi connectivity index (χ0v) is 22.3. The van der Waals surface area contributed by atoms with Crippen LogP contribution in [0.3, 0.4) is 0 Å². The van der Waals surface area contributed by atoms with E-state index in [2.05, 4.69) is 20.4 Å². The average Bonchev–Trinajstić information content (AvgIpc) is 3.32. The molecule has 10 N–H and O–H groups in total. The highest BCUT2D eigenvalue weighted by Gasteiger charge is 2.25. The monoisotopic (exact) mass is 596 g/mol. The van der Waals surface area contributed by atoms with Gasteiger partial charge in [-0.05, 0) is 53.6 Å². The maximum atomic E-state index is 12.8. The molecule has 4 aromatic rings. The fourth-order valence-corrected chi connectivity index (χ4v) is 4.76. The Bertz CT molecular complexity index is 1870. The van der Waals surface area contributed by atoms with E-state index < -0.39 is 58.3 Å². The van der Waals surface area contributed by atoms with Gasteiger partial charge in [0.2, 0.25) is 15.9 Å². The van der Waals surface area contributed by atoms with Crippen LogP contribution in [0.15, 0.2) is 58.5 Å². The van der Waals surface area contributed by atoms with E-state index in [-0.39, 0.29) is 33.0 Å². The number of phenols is 2. The smallest absolute Gasteiger partial charge is 0.326 e. The number of aliphatic carboxylic acids is 2. The minimum absolute atomic E-state index is 0.0428. The molecular formula is C26H24N6O9S. The number of hydrogen-bond acceptors (Lipinski definition) is 10. The number of fused-ring (bicyclic) bond motifs is 1. The van der Waals surface area contributed by atoms with Gasteiger partial charge in [-0.15, -0.1) is 0 Å². The zero-order chi connectivity index (χ0) is 30.8. The summed E-state index contributed by atoms with van der Waals surface area (Å²) in [6.07, 6.45) is 0.0542. The molecule has 16 heteroatoms. The standard InChI is InChI=1S/C26H24N6O9S/c27-29-11-12-1-3-18-19(7-12)32-25(31-18)17-6-13(8-22(34)30-20(26(38)39)10-23(35)36)5-16(24(17)37)15-9-14(42(28,40)41)2-4-21(15)33/h1-7,9,11,20,33,37H,8,10,27H2,(H,30,34)(H,31,32)(H,35,36)(H,38,39)(H2,28,40,41). The number of carboxylic acids is 2. The van der Waals surface area contributed by atoms with Crippen molar-refractivity contribution in [1.82, 2.24) is 15.3 Å². The van der Waals surface area contributed by atoms with Crippen molar-refractivity contribution in [3.05, 3.63) is 59.7 Å². The lowest BCUT2D eigenvalue weighted by Crippen LogP contribution is -2.42. The van der Waals surface area contributed by atoms with Crippen molar-refractivity contribution in [2.24, 2.45) is 16.1 Å². The fraction of sp³-hybridized carbons (Fsp3) is 0.115. The second-order valence-corrected chi connectivity index (χ2v) is 10.7. The number of amides is 1. The van der Waals surface area contributed by atoms with E-state index in [4.69, 9.17) is 16.1 Å². The van der Waals surface area contributed by atoms with Gasteiger partial charge in [-0.3, -0.25) is 9.59 Å². The third-order valence-corrected chi connectivity index (χ3v) is 7.03. The molecule has 0 radical (unpaired) electrons. The van der Waals surface area contributed by atoms with Gasteiger partial charge in [-0.25, -0.2) is 23.3 Å². The number of carboxylic acid groups (broad SMARTS) is 2. The van der Waals surface area contributed by atoms with Gasteiger partial charge in [0.15, 0.2) is 0 Å². The van der Waals surface area contributed by atoms with Crippen molar-refractivity contribution in [3.63, 3.8) is 0 Å². The third-order valence-electron chi connectivity index (χ3n) is 6.12. The van der Waals surface area contributed by atoms with Crippen LogP contribution < -0.4 is 16.3 Å². The van der Waals surface area contributed by atoms with Gasteiger partial charge < -0.3 is 36.6 Å². The Labute approximate surface area is 237 Å². The quantitative estimate of drug-likeness (QED) is 0.0721. The summed E-state index contributed by atoms with van der Waals surface area (Å²) in [5.41, 5.74) is 1.63. The van der Waals surface area contributed by atoms with E-state index >= 15 is 0 Å². The summed E-state index contributed by atoms with van der Waals surface area (Å²) in [7, 11) is -4.21. The first-order chi connectivity index (χ1) is 19.8. The number of hydrazone groups is 1. The molecule has 0 saturated heterocycles. The van der Waals surface area contributed by atoms with E-state index in [1.54, 1.807) is 18.2 Å². The molecule has 1 aromatic heterocycles. The lowest BCUT2D eigenvalue weighted by molar-refractivity contribution is -0.147. The number of benzene rings is 3. The zero-order valence-electron chi connectivity index (χ0n) is 21.5. The minimum Gasteiger partial charge on any atom is -0.507 e. The normalized spacial score (nSPS) is 12.4. The van der Waals surface area contributed by atoms with E-state index in [1.165, 1.54) is 18.3 Å². The maximum Gasteiger partial charge on any atom is 0.326 e. The first-order valence-corrected chi connectivity index (χ1v) is 13.5. The Kier molecular flexibility index (Phi) is 8.12. The predicted molar refractivity (Wildman–Crippen MR) is 149 cm³/mol. The minimum atomic E-state index is -4.21. The van der Waals surface area contributed by atoms with Crippen molar-refractivity contribution in [2.75, 3.05) is 0 Å². The molecule has 1 unspecified atom stereocenters. The van der Waals surface area contributed by atoms with Gasteiger partial charge in [-0.1, -0.05) is 6.07 Å². The van der Waals surface area contributed by atoms with Crippen LogP contribution in [0.25, 0.3) is 33.5 Å².